The van der Waals surface area contributed by atoms with Crippen molar-refractivity contribution < 1.29 is 0 Å². The van der Waals surface area contributed by atoms with Crippen LogP contribution < -0.4 is 11.1 Å². The molecule has 0 fully saturated rings. The normalized spacial score (nSPS) is 17.9. The smallest absolute Gasteiger partial charge is 0.126 e. The first-order valence-electron chi connectivity index (χ1n) is 5.83. The second-order valence-corrected chi connectivity index (χ2v) is 4.57. The lowest BCUT2D eigenvalue weighted by atomic mass is 10.1. The van der Waals surface area contributed by atoms with E-state index in [0.29, 0.717) is 6.54 Å². The molecule has 4 heteroatoms. The van der Waals surface area contributed by atoms with Gasteiger partial charge in [0.25, 0.3) is 0 Å². The summed E-state index contributed by atoms with van der Waals surface area (Å²) in [4.78, 5) is 6.94. The summed E-state index contributed by atoms with van der Waals surface area (Å²) >= 11 is 0. The maximum absolute atomic E-state index is 5.58. The minimum absolute atomic E-state index is 0.270. The highest BCUT2D eigenvalue weighted by molar-refractivity contribution is 5.40. The lowest BCUT2D eigenvalue weighted by molar-refractivity contribution is 0.308. The van der Waals surface area contributed by atoms with Gasteiger partial charge in [-0.3, -0.25) is 0 Å². The topological polar surface area (TPSA) is 54.2 Å². The van der Waals surface area contributed by atoms with Crippen LogP contribution in [0.1, 0.15) is 18.2 Å². The van der Waals surface area contributed by atoms with Gasteiger partial charge in [-0.05, 0) is 32.0 Å². The van der Waals surface area contributed by atoms with Crippen molar-refractivity contribution in [1.82, 2.24) is 9.88 Å². The Morgan fingerprint density at radius 1 is 1.56 bits per heavy atom. The van der Waals surface area contributed by atoms with Crippen molar-refractivity contribution in [3.63, 3.8) is 0 Å². The molecule has 1 aliphatic heterocycles. The third kappa shape index (κ3) is 2.51. The number of anilines is 1. The largest absolute Gasteiger partial charge is 0.366 e. The maximum atomic E-state index is 5.58. The molecular formula is C12H20N4. The zero-order valence-corrected chi connectivity index (χ0v) is 10.0. The number of nitrogens with two attached hydrogens (primary N) is 1. The van der Waals surface area contributed by atoms with E-state index in [9.17, 15) is 0 Å². The van der Waals surface area contributed by atoms with Crippen molar-refractivity contribution in [3.8, 4) is 0 Å². The van der Waals surface area contributed by atoms with Crippen LogP contribution in [0.2, 0.25) is 0 Å². The standard InChI is InChI=1S/C12H20N4/c1-9(7-13)14-12-4-3-10-5-6-16(2)8-11(10)15-12/h3-4,9H,5-8,13H2,1-2H3,(H,14,15). The van der Waals surface area contributed by atoms with Crippen molar-refractivity contribution in [1.29, 1.82) is 0 Å². The molecule has 0 aromatic carbocycles. The second kappa shape index (κ2) is 4.80. The van der Waals surface area contributed by atoms with Gasteiger partial charge in [0, 0.05) is 25.7 Å². The van der Waals surface area contributed by atoms with Gasteiger partial charge >= 0.3 is 0 Å². The minimum Gasteiger partial charge on any atom is -0.366 e. The predicted molar refractivity (Wildman–Crippen MR) is 66.4 cm³/mol. The number of rotatable bonds is 3. The highest BCUT2D eigenvalue weighted by Crippen LogP contribution is 2.18. The van der Waals surface area contributed by atoms with Gasteiger partial charge in [-0.1, -0.05) is 6.07 Å². The Labute approximate surface area is 96.8 Å². The molecule has 2 heterocycles. The first-order chi connectivity index (χ1) is 7.69. The quantitative estimate of drug-likeness (QED) is 0.792. The van der Waals surface area contributed by atoms with E-state index in [1.54, 1.807) is 0 Å². The Morgan fingerprint density at radius 2 is 2.38 bits per heavy atom. The van der Waals surface area contributed by atoms with Crippen LogP contribution in [0.15, 0.2) is 12.1 Å². The van der Waals surface area contributed by atoms with Gasteiger partial charge in [-0.2, -0.15) is 0 Å². The second-order valence-electron chi connectivity index (χ2n) is 4.57. The van der Waals surface area contributed by atoms with Crippen molar-refractivity contribution in [2.24, 2.45) is 5.73 Å². The molecule has 0 amide bonds. The Morgan fingerprint density at radius 3 is 3.12 bits per heavy atom. The number of hydrogen-bond donors (Lipinski definition) is 2. The SMILES string of the molecule is CC(CN)Nc1ccc2c(n1)CN(C)CC2. The van der Waals surface area contributed by atoms with Gasteiger partial charge < -0.3 is 16.0 Å². The van der Waals surface area contributed by atoms with Crippen LogP contribution in [0.3, 0.4) is 0 Å². The molecule has 3 N–H and O–H groups in total. The number of nitrogens with one attached hydrogen (secondary N) is 1. The van der Waals surface area contributed by atoms with Gasteiger partial charge in [0.15, 0.2) is 0 Å². The van der Waals surface area contributed by atoms with Crippen LogP contribution in [0.5, 0.6) is 0 Å². The summed E-state index contributed by atoms with van der Waals surface area (Å²) < 4.78 is 0. The summed E-state index contributed by atoms with van der Waals surface area (Å²) in [6.07, 6.45) is 1.10. The average molecular weight is 220 g/mol. The summed E-state index contributed by atoms with van der Waals surface area (Å²) in [5, 5.41) is 3.30. The van der Waals surface area contributed by atoms with Gasteiger partial charge in [0.05, 0.1) is 5.69 Å². The molecule has 0 saturated carbocycles. The van der Waals surface area contributed by atoms with Crippen LogP contribution in [0.25, 0.3) is 0 Å². The highest BCUT2D eigenvalue weighted by Gasteiger charge is 2.14. The van der Waals surface area contributed by atoms with Crippen molar-refractivity contribution in [2.75, 3.05) is 25.5 Å². The minimum atomic E-state index is 0.270. The number of nitrogens with zero attached hydrogens (tertiary/aromatic N) is 2. The summed E-state index contributed by atoms with van der Waals surface area (Å²) in [5.74, 6) is 0.937. The van der Waals surface area contributed by atoms with Crippen molar-refractivity contribution in [3.05, 3.63) is 23.4 Å². The van der Waals surface area contributed by atoms with E-state index in [4.69, 9.17) is 5.73 Å². The van der Waals surface area contributed by atoms with Gasteiger partial charge in [0.2, 0.25) is 0 Å². The Bertz CT molecular complexity index is 364. The number of likely N-dealkylation sites (N-methyl/N-ethyl adjacent to an activating group) is 1. The Kier molecular flexibility index (Phi) is 3.41. The molecule has 0 radical (unpaired) electrons. The number of aromatic nitrogens is 1. The molecule has 4 nitrogen and oxygen atoms in total. The first-order valence-corrected chi connectivity index (χ1v) is 5.83. The van der Waals surface area contributed by atoms with Gasteiger partial charge in [-0.25, -0.2) is 4.98 Å². The van der Waals surface area contributed by atoms with Crippen LogP contribution in [-0.4, -0.2) is 36.1 Å². The Hall–Kier alpha value is -1.13. The molecule has 2 rings (SSSR count). The highest BCUT2D eigenvalue weighted by atomic mass is 15.1. The molecule has 0 spiro atoms. The summed E-state index contributed by atoms with van der Waals surface area (Å²) in [7, 11) is 2.13. The van der Waals surface area contributed by atoms with E-state index < -0.39 is 0 Å². The number of hydrogen-bond acceptors (Lipinski definition) is 4. The van der Waals surface area contributed by atoms with E-state index in [1.165, 1.54) is 11.3 Å². The van der Waals surface area contributed by atoms with Crippen LogP contribution in [-0.2, 0) is 13.0 Å². The van der Waals surface area contributed by atoms with Crippen LogP contribution in [0, 0.1) is 0 Å². The molecule has 0 saturated heterocycles. The third-order valence-electron chi connectivity index (χ3n) is 3.00. The molecule has 1 aromatic heterocycles. The van der Waals surface area contributed by atoms with E-state index in [2.05, 4.69) is 41.3 Å². The maximum Gasteiger partial charge on any atom is 0.126 e. The van der Waals surface area contributed by atoms with E-state index in [-0.39, 0.29) is 6.04 Å². The van der Waals surface area contributed by atoms with Crippen molar-refractivity contribution in [2.45, 2.75) is 25.9 Å². The lowest BCUT2D eigenvalue weighted by Crippen LogP contribution is -2.29. The molecule has 88 valence electrons. The molecule has 1 unspecified atom stereocenters. The molecule has 0 aliphatic carbocycles. The van der Waals surface area contributed by atoms with Crippen LogP contribution >= 0.6 is 0 Å². The van der Waals surface area contributed by atoms with Crippen LogP contribution in [0.4, 0.5) is 5.82 Å². The first kappa shape index (κ1) is 11.4. The molecule has 1 atom stereocenters. The molecule has 1 aromatic rings. The predicted octanol–water partition coefficient (Wildman–Crippen LogP) is 0.829. The molecule has 16 heavy (non-hydrogen) atoms. The average Bonchev–Trinajstić information content (AvgIpc) is 2.28. The third-order valence-corrected chi connectivity index (χ3v) is 3.00. The van der Waals surface area contributed by atoms with E-state index in [1.807, 2.05) is 0 Å². The summed E-state index contributed by atoms with van der Waals surface area (Å²) in [5.41, 5.74) is 8.16. The number of pyridine rings is 1. The summed E-state index contributed by atoms with van der Waals surface area (Å²) in [6.45, 7) is 4.76. The van der Waals surface area contributed by atoms with Crippen molar-refractivity contribution >= 4 is 5.82 Å². The van der Waals surface area contributed by atoms with E-state index in [0.717, 1.165) is 25.3 Å². The number of fused-ring (bicyclic) bond motifs is 1. The molecule has 0 bridgehead atoms. The fourth-order valence-corrected chi connectivity index (χ4v) is 1.93. The van der Waals surface area contributed by atoms with Gasteiger partial charge in [-0.15, -0.1) is 0 Å². The monoisotopic (exact) mass is 220 g/mol. The fourth-order valence-electron chi connectivity index (χ4n) is 1.93. The zero-order chi connectivity index (χ0) is 11.5. The molecular weight excluding hydrogens is 200 g/mol. The van der Waals surface area contributed by atoms with Gasteiger partial charge in [0.1, 0.15) is 5.82 Å². The fraction of sp³-hybridized carbons (Fsp3) is 0.583. The molecule has 1 aliphatic rings. The zero-order valence-electron chi connectivity index (χ0n) is 10.0. The Balaban J connectivity index is 2.14. The lowest BCUT2D eigenvalue weighted by Gasteiger charge is -2.24. The van der Waals surface area contributed by atoms with E-state index >= 15 is 0 Å². The summed E-state index contributed by atoms with van der Waals surface area (Å²) in [6, 6.07) is 4.50.